The number of nitrogens with zero attached hydrogens (tertiary/aromatic N) is 2. The Morgan fingerprint density at radius 2 is 1.77 bits per heavy atom. The number of fused-ring (bicyclic) bond motifs is 1. The molecule has 3 rings (SSSR count). The number of hydrogen-bond acceptors (Lipinski definition) is 4. The SMILES string of the molecule is COc1ccc([C@H]2Cc3cc(C(F)(F)F)ccc3N(CCN(C)C)C(=O)[C@H]2OC)cc1. The Bertz CT molecular complexity index is 913. The molecule has 2 aromatic carbocycles. The van der Waals surface area contributed by atoms with E-state index in [0.717, 1.165) is 17.7 Å². The maximum atomic E-state index is 13.5. The lowest BCUT2D eigenvalue weighted by Crippen LogP contribution is -2.44. The first-order valence-corrected chi connectivity index (χ1v) is 9.98. The largest absolute Gasteiger partial charge is 0.497 e. The molecule has 2 atom stereocenters. The molecule has 31 heavy (non-hydrogen) atoms. The van der Waals surface area contributed by atoms with E-state index in [9.17, 15) is 18.0 Å². The van der Waals surface area contributed by atoms with E-state index in [1.165, 1.54) is 13.2 Å². The Hall–Kier alpha value is -2.58. The normalized spacial score (nSPS) is 19.4. The van der Waals surface area contributed by atoms with Crippen LogP contribution in [0.2, 0.25) is 0 Å². The van der Waals surface area contributed by atoms with E-state index in [2.05, 4.69) is 0 Å². The minimum Gasteiger partial charge on any atom is -0.497 e. The highest BCUT2D eigenvalue weighted by molar-refractivity contribution is 5.99. The van der Waals surface area contributed by atoms with Gasteiger partial charge >= 0.3 is 6.18 Å². The number of alkyl halides is 3. The lowest BCUT2D eigenvalue weighted by atomic mass is 9.87. The van der Waals surface area contributed by atoms with Crippen molar-refractivity contribution in [1.29, 1.82) is 0 Å². The fourth-order valence-electron chi connectivity index (χ4n) is 3.92. The number of benzene rings is 2. The second-order valence-electron chi connectivity index (χ2n) is 7.87. The molecule has 0 unspecified atom stereocenters. The number of amides is 1. The van der Waals surface area contributed by atoms with Crippen molar-refractivity contribution in [2.24, 2.45) is 0 Å². The van der Waals surface area contributed by atoms with E-state index in [1.54, 1.807) is 24.1 Å². The molecule has 0 N–H and O–H groups in total. The number of hydrogen-bond donors (Lipinski definition) is 0. The zero-order valence-corrected chi connectivity index (χ0v) is 18.1. The van der Waals surface area contributed by atoms with E-state index in [-0.39, 0.29) is 12.3 Å². The number of ether oxygens (including phenoxy) is 2. The van der Waals surface area contributed by atoms with Gasteiger partial charge in [0.15, 0.2) is 0 Å². The van der Waals surface area contributed by atoms with E-state index >= 15 is 0 Å². The number of anilines is 1. The van der Waals surface area contributed by atoms with Crippen LogP contribution in [0, 0.1) is 0 Å². The van der Waals surface area contributed by atoms with Gasteiger partial charge in [-0.2, -0.15) is 13.2 Å². The van der Waals surface area contributed by atoms with Crippen LogP contribution >= 0.6 is 0 Å². The standard InChI is InChI=1S/C23H27F3N2O3/c1-27(2)11-12-28-20-10-7-17(23(24,25)26)13-16(20)14-19(21(31-4)22(28)29)15-5-8-18(30-3)9-6-15/h5-10,13,19,21H,11-12,14H2,1-4H3/t19-,21+/m1/s1. The zero-order chi connectivity index (χ0) is 22.8. The van der Waals surface area contributed by atoms with Gasteiger partial charge in [0, 0.05) is 31.8 Å². The first-order chi connectivity index (χ1) is 14.7. The highest BCUT2D eigenvalue weighted by atomic mass is 19.4. The number of carbonyl (C=O) groups excluding carboxylic acids is 1. The summed E-state index contributed by atoms with van der Waals surface area (Å²) < 4.78 is 51.0. The smallest absolute Gasteiger partial charge is 0.416 e. The fraction of sp³-hybridized carbons (Fsp3) is 0.435. The lowest BCUT2D eigenvalue weighted by Gasteiger charge is -2.28. The molecular weight excluding hydrogens is 409 g/mol. The van der Waals surface area contributed by atoms with E-state index < -0.39 is 23.8 Å². The maximum absolute atomic E-state index is 13.5. The molecule has 8 heteroatoms. The summed E-state index contributed by atoms with van der Waals surface area (Å²) in [6.07, 6.45) is -5.04. The Balaban J connectivity index is 2.11. The first-order valence-electron chi connectivity index (χ1n) is 9.98. The van der Waals surface area contributed by atoms with Gasteiger partial charge in [0.1, 0.15) is 11.9 Å². The number of likely N-dealkylation sites (N-methyl/N-ethyl adjacent to an activating group) is 1. The molecule has 2 aromatic rings. The molecule has 0 fully saturated rings. The first kappa shape index (κ1) is 23.1. The molecular formula is C23H27F3N2O3. The number of rotatable bonds is 6. The molecule has 0 radical (unpaired) electrons. The minimum absolute atomic E-state index is 0.244. The number of halogens is 3. The van der Waals surface area contributed by atoms with Crippen molar-refractivity contribution in [1.82, 2.24) is 4.90 Å². The summed E-state index contributed by atoms with van der Waals surface area (Å²) in [4.78, 5) is 16.9. The fourth-order valence-corrected chi connectivity index (χ4v) is 3.92. The second-order valence-corrected chi connectivity index (χ2v) is 7.87. The summed E-state index contributed by atoms with van der Waals surface area (Å²) in [5, 5.41) is 0. The van der Waals surface area contributed by atoms with Crippen molar-refractivity contribution in [3.8, 4) is 5.75 Å². The summed E-state index contributed by atoms with van der Waals surface area (Å²) in [5.74, 6) is -0.0382. The summed E-state index contributed by atoms with van der Waals surface area (Å²) in [6, 6.07) is 10.8. The van der Waals surface area contributed by atoms with Crippen molar-refractivity contribution in [2.45, 2.75) is 24.6 Å². The third-order valence-corrected chi connectivity index (χ3v) is 5.58. The van der Waals surface area contributed by atoms with Crippen molar-refractivity contribution >= 4 is 11.6 Å². The molecule has 5 nitrogen and oxygen atoms in total. The maximum Gasteiger partial charge on any atom is 0.416 e. The third-order valence-electron chi connectivity index (χ3n) is 5.58. The van der Waals surface area contributed by atoms with Gasteiger partial charge in [-0.1, -0.05) is 12.1 Å². The third kappa shape index (κ3) is 5.02. The van der Waals surface area contributed by atoms with Crippen LogP contribution in [0.15, 0.2) is 42.5 Å². The Morgan fingerprint density at radius 1 is 1.10 bits per heavy atom. The molecule has 1 aliphatic rings. The van der Waals surface area contributed by atoms with Gasteiger partial charge in [-0.25, -0.2) is 0 Å². The molecule has 0 spiro atoms. The Labute approximate surface area is 180 Å². The van der Waals surface area contributed by atoms with Crippen molar-refractivity contribution in [3.63, 3.8) is 0 Å². The van der Waals surface area contributed by atoms with Crippen LogP contribution in [0.5, 0.6) is 5.75 Å². The summed E-state index contributed by atoms with van der Waals surface area (Å²) in [5.41, 5.74) is 1.05. The summed E-state index contributed by atoms with van der Waals surface area (Å²) >= 11 is 0. The molecule has 1 aliphatic heterocycles. The minimum atomic E-state index is -4.46. The highest BCUT2D eigenvalue weighted by Gasteiger charge is 2.39. The molecule has 1 heterocycles. The topological polar surface area (TPSA) is 42.0 Å². The molecule has 1 amide bonds. The number of carbonyl (C=O) groups is 1. The molecule has 0 bridgehead atoms. The van der Waals surface area contributed by atoms with Gasteiger partial charge in [0.25, 0.3) is 5.91 Å². The van der Waals surface area contributed by atoms with E-state index in [4.69, 9.17) is 9.47 Å². The lowest BCUT2D eigenvalue weighted by molar-refractivity contribution is -0.137. The predicted molar refractivity (Wildman–Crippen MR) is 113 cm³/mol. The zero-order valence-electron chi connectivity index (χ0n) is 18.1. The second kappa shape index (κ2) is 9.28. The predicted octanol–water partition coefficient (Wildman–Crippen LogP) is 3.96. The van der Waals surface area contributed by atoms with Crippen LogP contribution < -0.4 is 9.64 Å². The van der Waals surface area contributed by atoms with Crippen molar-refractivity contribution in [2.75, 3.05) is 46.3 Å². The van der Waals surface area contributed by atoms with Gasteiger partial charge < -0.3 is 19.3 Å². The molecule has 168 valence electrons. The molecule has 0 saturated carbocycles. The van der Waals surface area contributed by atoms with Crippen LogP contribution in [-0.4, -0.2) is 58.3 Å². The van der Waals surface area contributed by atoms with Gasteiger partial charge in [-0.15, -0.1) is 0 Å². The average molecular weight is 436 g/mol. The van der Waals surface area contributed by atoms with Gasteiger partial charge in [0.05, 0.1) is 12.7 Å². The van der Waals surface area contributed by atoms with Crippen LogP contribution in [0.25, 0.3) is 0 Å². The monoisotopic (exact) mass is 436 g/mol. The van der Waals surface area contributed by atoms with Crippen LogP contribution in [-0.2, 0) is 22.1 Å². The highest BCUT2D eigenvalue weighted by Crippen LogP contribution is 2.39. The van der Waals surface area contributed by atoms with Crippen LogP contribution in [0.1, 0.15) is 22.6 Å². The van der Waals surface area contributed by atoms with Crippen LogP contribution in [0.4, 0.5) is 18.9 Å². The Kier molecular flexibility index (Phi) is 6.91. The van der Waals surface area contributed by atoms with Crippen molar-refractivity contribution in [3.05, 3.63) is 59.2 Å². The summed E-state index contributed by atoms with van der Waals surface area (Å²) in [7, 11) is 6.77. The van der Waals surface area contributed by atoms with Gasteiger partial charge in [-0.3, -0.25) is 4.79 Å². The van der Waals surface area contributed by atoms with Crippen molar-refractivity contribution < 1.29 is 27.4 Å². The van der Waals surface area contributed by atoms with Gasteiger partial charge in [0.2, 0.25) is 0 Å². The molecule has 0 aliphatic carbocycles. The average Bonchev–Trinajstić information content (AvgIpc) is 2.84. The van der Waals surface area contributed by atoms with Gasteiger partial charge in [-0.05, 0) is 62.0 Å². The molecule has 0 saturated heterocycles. The van der Waals surface area contributed by atoms with E-state index in [1.807, 2.05) is 31.1 Å². The van der Waals surface area contributed by atoms with E-state index in [0.29, 0.717) is 30.1 Å². The number of methoxy groups -OCH3 is 2. The Morgan fingerprint density at radius 3 is 2.32 bits per heavy atom. The van der Waals surface area contributed by atoms with Crippen LogP contribution in [0.3, 0.4) is 0 Å². The molecule has 0 aromatic heterocycles. The quantitative estimate of drug-likeness (QED) is 0.688. The summed E-state index contributed by atoms with van der Waals surface area (Å²) in [6.45, 7) is 0.912.